The molecule has 2 N–H and O–H groups in total. The van der Waals surface area contributed by atoms with Gasteiger partial charge in [0.25, 0.3) is 0 Å². The van der Waals surface area contributed by atoms with E-state index in [1.165, 1.54) is 10.5 Å². The SMILES string of the molecule is CN=C(NCC(=O)NCCc1ccccc1)N1CCC(CSc2ccccc2)C1.I. The summed E-state index contributed by atoms with van der Waals surface area (Å²) >= 11 is 1.91. The van der Waals surface area contributed by atoms with Gasteiger partial charge in [-0.2, -0.15) is 0 Å². The molecular formula is C23H31IN4OS. The maximum atomic E-state index is 12.1. The number of halogens is 1. The largest absolute Gasteiger partial charge is 0.354 e. The van der Waals surface area contributed by atoms with E-state index in [0.717, 1.165) is 37.6 Å². The van der Waals surface area contributed by atoms with Crippen LogP contribution < -0.4 is 10.6 Å². The van der Waals surface area contributed by atoms with Gasteiger partial charge in [0.1, 0.15) is 0 Å². The number of thioether (sulfide) groups is 1. The first-order chi connectivity index (χ1) is 14.2. The zero-order chi connectivity index (χ0) is 20.3. The van der Waals surface area contributed by atoms with Gasteiger partial charge in [0, 0.05) is 37.3 Å². The van der Waals surface area contributed by atoms with Gasteiger partial charge in [0.05, 0.1) is 6.54 Å². The third kappa shape index (κ3) is 8.18. The molecule has 1 aliphatic heterocycles. The Bertz CT molecular complexity index is 788. The van der Waals surface area contributed by atoms with Crippen molar-refractivity contribution in [2.24, 2.45) is 10.9 Å². The standard InChI is InChI=1S/C23H30N4OS.HI/c1-24-23(26-16-22(28)25-14-12-19-8-4-2-5-9-19)27-15-13-20(17-27)18-29-21-10-6-3-7-11-21;/h2-11,20H,12-18H2,1H3,(H,24,26)(H,25,28);1H. The number of guanidine groups is 1. The van der Waals surface area contributed by atoms with Crippen molar-refractivity contribution in [3.8, 4) is 0 Å². The maximum Gasteiger partial charge on any atom is 0.239 e. The van der Waals surface area contributed by atoms with E-state index in [0.29, 0.717) is 12.5 Å². The van der Waals surface area contributed by atoms with Gasteiger partial charge in [-0.1, -0.05) is 48.5 Å². The lowest BCUT2D eigenvalue weighted by atomic mass is 10.1. The Kier molecular flexibility index (Phi) is 11.1. The molecular weight excluding hydrogens is 507 g/mol. The van der Waals surface area contributed by atoms with E-state index < -0.39 is 0 Å². The zero-order valence-electron chi connectivity index (χ0n) is 17.4. The number of nitrogens with zero attached hydrogens (tertiary/aromatic N) is 2. The van der Waals surface area contributed by atoms with Crippen molar-refractivity contribution < 1.29 is 4.79 Å². The highest BCUT2D eigenvalue weighted by molar-refractivity contribution is 14.0. The minimum atomic E-state index is -0.00235. The third-order valence-corrected chi connectivity index (χ3v) is 6.26. The van der Waals surface area contributed by atoms with Crippen molar-refractivity contribution in [3.05, 3.63) is 66.2 Å². The fraction of sp³-hybridized carbons (Fsp3) is 0.391. The van der Waals surface area contributed by atoms with Crippen LogP contribution in [-0.4, -0.2) is 55.7 Å². The van der Waals surface area contributed by atoms with Crippen molar-refractivity contribution in [2.45, 2.75) is 17.7 Å². The molecule has 1 aliphatic rings. The van der Waals surface area contributed by atoms with Gasteiger partial charge < -0.3 is 15.5 Å². The van der Waals surface area contributed by atoms with Gasteiger partial charge in [-0.25, -0.2) is 0 Å². The predicted molar refractivity (Wildman–Crippen MR) is 137 cm³/mol. The summed E-state index contributed by atoms with van der Waals surface area (Å²) in [6, 6.07) is 20.7. The first-order valence-corrected chi connectivity index (χ1v) is 11.2. The molecule has 2 aromatic carbocycles. The van der Waals surface area contributed by atoms with Crippen LogP contribution in [0.3, 0.4) is 0 Å². The van der Waals surface area contributed by atoms with Crippen LogP contribution in [0.5, 0.6) is 0 Å². The molecule has 1 amide bonds. The smallest absolute Gasteiger partial charge is 0.239 e. The van der Waals surface area contributed by atoms with Crippen molar-refractivity contribution in [3.63, 3.8) is 0 Å². The van der Waals surface area contributed by atoms with Gasteiger partial charge in [-0.05, 0) is 36.5 Å². The van der Waals surface area contributed by atoms with Crippen LogP contribution >= 0.6 is 35.7 Å². The second-order valence-corrected chi connectivity index (χ2v) is 8.30. The van der Waals surface area contributed by atoms with Crippen molar-refractivity contribution in [1.29, 1.82) is 0 Å². The molecule has 3 rings (SSSR count). The van der Waals surface area contributed by atoms with Gasteiger partial charge in [-0.3, -0.25) is 9.79 Å². The van der Waals surface area contributed by atoms with Crippen LogP contribution in [0.25, 0.3) is 0 Å². The summed E-state index contributed by atoms with van der Waals surface area (Å²) in [5.74, 6) is 2.56. The molecule has 7 heteroatoms. The molecule has 0 aromatic heterocycles. The van der Waals surface area contributed by atoms with E-state index in [-0.39, 0.29) is 36.4 Å². The molecule has 0 bridgehead atoms. The quantitative estimate of drug-likeness (QED) is 0.233. The molecule has 0 aliphatic carbocycles. The Hall–Kier alpha value is -1.74. The van der Waals surface area contributed by atoms with E-state index in [1.54, 1.807) is 7.05 Å². The van der Waals surface area contributed by atoms with E-state index in [1.807, 2.05) is 30.0 Å². The number of rotatable bonds is 8. The predicted octanol–water partition coefficient (Wildman–Crippen LogP) is 3.65. The number of amides is 1. The molecule has 1 saturated heterocycles. The Balaban J connectivity index is 0.00000320. The van der Waals surface area contributed by atoms with Crippen LogP contribution in [0, 0.1) is 5.92 Å². The summed E-state index contributed by atoms with van der Waals surface area (Å²) in [6.45, 7) is 2.86. The van der Waals surface area contributed by atoms with Gasteiger partial charge in [-0.15, -0.1) is 35.7 Å². The Morgan fingerprint density at radius 2 is 1.80 bits per heavy atom. The van der Waals surface area contributed by atoms with Crippen LogP contribution in [0.4, 0.5) is 0 Å². The van der Waals surface area contributed by atoms with E-state index >= 15 is 0 Å². The summed E-state index contributed by atoms with van der Waals surface area (Å²) in [6.07, 6.45) is 2.00. The van der Waals surface area contributed by atoms with E-state index in [4.69, 9.17) is 0 Å². The summed E-state index contributed by atoms with van der Waals surface area (Å²) in [5.41, 5.74) is 1.23. The highest BCUT2D eigenvalue weighted by atomic mass is 127. The Morgan fingerprint density at radius 3 is 2.50 bits per heavy atom. The average Bonchev–Trinajstić information content (AvgIpc) is 3.23. The summed E-state index contributed by atoms with van der Waals surface area (Å²) in [4.78, 5) is 20.1. The lowest BCUT2D eigenvalue weighted by Crippen LogP contribution is -2.45. The van der Waals surface area contributed by atoms with Crippen LogP contribution in [0.1, 0.15) is 12.0 Å². The van der Waals surface area contributed by atoms with Gasteiger partial charge in [0.15, 0.2) is 5.96 Å². The number of benzene rings is 2. The Labute approximate surface area is 201 Å². The molecule has 2 aromatic rings. The lowest BCUT2D eigenvalue weighted by Gasteiger charge is -2.21. The minimum Gasteiger partial charge on any atom is -0.354 e. The molecule has 1 atom stereocenters. The molecule has 162 valence electrons. The van der Waals surface area contributed by atoms with Crippen LogP contribution in [0.2, 0.25) is 0 Å². The summed E-state index contributed by atoms with van der Waals surface area (Å²) < 4.78 is 0. The number of hydrogen-bond acceptors (Lipinski definition) is 3. The molecule has 0 saturated carbocycles. The lowest BCUT2D eigenvalue weighted by molar-refractivity contribution is -0.120. The number of carbonyl (C=O) groups is 1. The number of nitrogens with one attached hydrogen (secondary N) is 2. The molecule has 30 heavy (non-hydrogen) atoms. The Morgan fingerprint density at radius 1 is 1.10 bits per heavy atom. The molecule has 1 fully saturated rings. The van der Waals surface area contributed by atoms with Gasteiger partial charge >= 0.3 is 0 Å². The molecule has 1 unspecified atom stereocenters. The van der Waals surface area contributed by atoms with Crippen LogP contribution in [0.15, 0.2) is 70.6 Å². The van der Waals surface area contributed by atoms with Crippen LogP contribution in [-0.2, 0) is 11.2 Å². The van der Waals surface area contributed by atoms with Crippen molar-refractivity contribution in [1.82, 2.24) is 15.5 Å². The molecule has 1 heterocycles. The molecule has 0 spiro atoms. The number of hydrogen-bond donors (Lipinski definition) is 2. The highest BCUT2D eigenvalue weighted by Gasteiger charge is 2.25. The van der Waals surface area contributed by atoms with E-state index in [9.17, 15) is 4.79 Å². The fourth-order valence-corrected chi connectivity index (χ4v) is 4.49. The summed E-state index contributed by atoms with van der Waals surface area (Å²) in [5, 5.41) is 6.18. The second kappa shape index (κ2) is 13.5. The first-order valence-electron chi connectivity index (χ1n) is 10.2. The fourth-order valence-electron chi connectivity index (χ4n) is 3.44. The zero-order valence-corrected chi connectivity index (χ0v) is 20.6. The topological polar surface area (TPSA) is 56.7 Å². The monoisotopic (exact) mass is 538 g/mol. The maximum absolute atomic E-state index is 12.1. The number of likely N-dealkylation sites (tertiary alicyclic amines) is 1. The second-order valence-electron chi connectivity index (χ2n) is 7.21. The first kappa shape index (κ1) is 24.5. The van der Waals surface area contributed by atoms with Crippen molar-refractivity contribution in [2.75, 3.05) is 39.0 Å². The van der Waals surface area contributed by atoms with E-state index in [2.05, 4.69) is 63.0 Å². The molecule has 0 radical (unpaired) electrons. The van der Waals surface area contributed by atoms with Gasteiger partial charge in [0.2, 0.25) is 5.91 Å². The summed E-state index contributed by atoms with van der Waals surface area (Å²) in [7, 11) is 1.78. The van der Waals surface area contributed by atoms with Crippen molar-refractivity contribution >= 4 is 47.6 Å². The minimum absolute atomic E-state index is 0. The highest BCUT2D eigenvalue weighted by Crippen LogP contribution is 2.25. The number of aliphatic imine (C=N–C) groups is 1. The number of carbonyl (C=O) groups excluding carboxylic acids is 1. The normalized spacial score (nSPS) is 16.1. The average molecular weight is 538 g/mol. The third-order valence-electron chi connectivity index (χ3n) is 5.01. The molecule has 5 nitrogen and oxygen atoms in total.